The fourth-order valence-corrected chi connectivity index (χ4v) is 2.18. The molecule has 4 amide bonds. The maximum Gasteiger partial charge on any atom is 0.325 e. The van der Waals surface area contributed by atoms with E-state index in [-0.39, 0.29) is 12.5 Å². The first-order valence-electron chi connectivity index (χ1n) is 6.97. The lowest BCUT2D eigenvalue weighted by molar-refractivity contribution is -0.130. The molecule has 7 nitrogen and oxygen atoms in total. The summed E-state index contributed by atoms with van der Waals surface area (Å²) in [7, 11) is 0. The standard InChI is InChI=1S/C15H16N4O3/c1-2-3-12-14(21)19(15(22)18-12)9-13(20)17-11-6-4-10(8-16)5-7-11/h4-7,12H,2-3,9H2,1H3,(H,17,20)(H,18,22). The second kappa shape index (κ2) is 6.72. The van der Waals surface area contributed by atoms with Gasteiger partial charge in [-0.15, -0.1) is 0 Å². The lowest BCUT2D eigenvalue weighted by Gasteiger charge is -2.13. The Bertz CT molecular complexity index is 633. The van der Waals surface area contributed by atoms with Crippen LogP contribution in [0.4, 0.5) is 10.5 Å². The van der Waals surface area contributed by atoms with E-state index in [0.717, 1.165) is 11.3 Å². The second-order valence-electron chi connectivity index (χ2n) is 4.95. The minimum Gasteiger partial charge on any atom is -0.326 e. The van der Waals surface area contributed by atoms with E-state index in [9.17, 15) is 14.4 Å². The number of amides is 4. The van der Waals surface area contributed by atoms with Crippen molar-refractivity contribution in [2.45, 2.75) is 25.8 Å². The van der Waals surface area contributed by atoms with E-state index in [1.54, 1.807) is 24.3 Å². The molecule has 1 heterocycles. The van der Waals surface area contributed by atoms with E-state index in [1.165, 1.54) is 0 Å². The lowest BCUT2D eigenvalue weighted by atomic mass is 10.2. The summed E-state index contributed by atoms with van der Waals surface area (Å²) in [4.78, 5) is 36.6. The Morgan fingerprint density at radius 1 is 1.36 bits per heavy atom. The molecule has 0 saturated carbocycles. The van der Waals surface area contributed by atoms with Crippen molar-refractivity contribution in [1.29, 1.82) is 5.26 Å². The van der Waals surface area contributed by atoms with Gasteiger partial charge in [-0.1, -0.05) is 13.3 Å². The first-order valence-corrected chi connectivity index (χ1v) is 6.97. The van der Waals surface area contributed by atoms with Gasteiger partial charge in [0, 0.05) is 5.69 Å². The third-order valence-corrected chi connectivity index (χ3v) is 3.28. The predicted molar refractivity (Wildman–Crippen MR) is 78.7 cm³/mol. The van der Waals surface area contributed by atoms with Crippen molar-refractivity contribution in [1.82, 2.24) is 10.2 Å². The van der Waals surface area contributed by atoms with Crippen LogP contribution in [0.25, 0.3) is 0 Å². The van der Waals surface area contributed by atoms with Crippen LogP contribution in [0.15, 0.2) is 24.3 Å². The number of carbonyl (C=O) groups is 3. The molecule has 1 fully saturated rings. The number of imide groups is 1. The molecule has 2 N–H and O–H groups in total. The van der Waals surface area contributed by atoms with Gasteiger partial charge in [-0.2, -0.15) is 5.26 Å². The summed E-state index contributed by atoms with van der Waals surface area (Å²) in [5, 5.41) is 13.8. The molecular formula is C15H16N4O3. The van der Waals surface area contributed by atoms with E-state index in [0.29, 0.717) is 17.7 Å². The van der Waals surface area contributed by atoms with Crippen LogP contribution in [0, 0.1) is 11.3 Å². The van der Waals surface area contributed by atoms with E-state index >= 15 is 0 Å². The van der Waals surface area contributed by atoms with Crippen molar-refractivity contribution in [2.24, 2.45) is 0 Å². The maximum atomic E-state index is 12.0. The van der Waals surface area contributed by atoms with Gasteiger partial charge in [0.05, 0.1) is 11.6 Å². The van der Waals surface area contributed by atoms with Gasteiger partial charge >= 0.3 is 6.03 Å². The Balaban J connectivity index is 1.95. The molecular weight excluding hydrogens is 284 g/mol. The summed E-state index contributed by atoms with van der Waals surface area (Å²) in [5.74, 6) is -0.841. The van der Waals surface area contributed by atoms with Gasteiger partial charge in [0.2, 0.25) is 5.91 Å². The van der Waals surface area contributed by atoms with Crippen molar-refractivity contribution < 1.29 is 14.4 Å². The molecule has 7 heteroatoms. The Morgan fingerprint density at radius 2 is 2.05 bits per heavy atom. The summed E-state index contributed by atoms with van der Waals surface area (Å²) in [5.41, 5.74) is 0.982. The summed E-state index contributed by atoms with van der Waals surface area (Å²) in [6.07, 6.45) is 1.32. The third kappa shape index (κ3) is 3.41. The van der Waals surface area contributed by atoms with Gasteiger partial charge in [-0.05, 0) is 30.7 Å². The van der Waals surface area contributed by atoms with Crippen LogP contribution < -0.4 is 10.6 Å². The molecule has 0 aromatic heterocycles. The number of hydrogen-bond donors (Lipinski definition) is 2. The molecule has 0 spiro atoms. The first-order chi connectivity index (χ1) is 10.5. The SMILES string of the molecule is CCCC1NC(=O)N(CC(=O)Nc2ccc(C#N)cc2)C1=O. The minimum atomic E-state index is -0.543. The second-order valence-corrected chi connectivity index (χ2v) is 4.95. The molecule has 1 atom stereocenters. The number of benzene rings is 1. The summed E-state index contributed by atoms with van der Waals surface area (Å²) in [6, 6.07) is 7.20. The predicted octanol–water partition coefficient (Wildman–Crippen LogP) is 1.22. The average molecular weight is 300 g/mol. The largest absolute Gasteiger partial charge is 0.326 e. The van der Waals surface area contributed by atoms with Gasteiger partial charge in [-0.3, -0.25) is 14.5 Å². The molecule has 1 unspecified atom stereocenters. The molecule has 1 aromatic rings. The van der Waals surface area contributed by atoms with E-state index in [2.05, 4.69) is 10.6 Å². The van der Waals surface area contributed by atoms with Crippen LogP contribution in [0.3, 0.4) is 0 Å². The molecule has 114 valence electrons. The first kappa shape index (κ1) is 15.5. The number of nitrogens with one attached hydrogen (secondary N) is 2. The lowest BCUT2D eigenvalue weighted by Crippen LogP contribution is -2.38. The summed E-state index contributed by atoms with van der Waals surface area (Å²) < 4.78 is 0. The van der Waals surface area contributed by atoms with Crippen molar-refractivity contribution in [2.75, 3.05) is 11.9 Å². The van der Waals surface area contributed by atoms with Crippen LogP contribution >= 0.6 is 0 Å². The fraction of sp³-hybridized carbons (Fsp3) is 0.333. The number of nitriles is 1. The minimum absolute atomic E-state index is 0.328. The van der Waals surface area contributed by atoms with Crippen molar-refractivity contribution >= 4 is 23.5 Å². The van der Waals surface area contributed by atoms with E-state index in [4.69, 9.17) is 5.26 Å². The number of anilines is 1. The molecule has 22 heavy (non-hydrogen) atoms. The summed E-state index contributed by atoms with van der Waals surface area (Å²) >= 11 is 0. The zero-order valence-corrected chi connectivity index (χ0v) is 12.1. The highest BCUT2D eigenvalue weighted by molar-refractivity contribution is 6.07. The van der Waals surface area contributed by atoms with Crippen LogP contribution in [-0.4, -0.2) is 35.3 Å². The highest BCUT2D eigenvalue weighted by atomic mass is 16.2. The fourth-order valence-electron chi connectivity index (χ4n) is 2.18. The normalized spacial score (nSPS) is 17.1. The molecule has 1 aromatic carbocycles. The Labute approximate surface area is 127 Å². The van der Waals surface area contributed by atoms with Crippen LogP contribution in [0.1, 0.15) is 25.3 Å². The van der Waals surface area contributed by atoms with Gasteiger partial charge < -0.3 is 10.6 Å². The smallest absolute Gasteiger partial charge is 0.325 e. The molecule has 1 saturated heterocycles. The molecule has 1 aliphatic rings. The number of carbonyl (C=O) groups excluding carboxylic acids is 3. The van der Waals surface area contributed by atoms with Gasteiger partial charge in [-0.25, -0.2) is 4.79 Å². The van der Waals surface area contributed by atoms with E-state index < -0.39 is 18.0 Å². The molecule has 0 aliphatic carbocycles. The van der Waals surface area contributed by atoms with Crippen molar-refractivity contribution in [3.8, 4) is 6.07 Å². The average Bonchev–Trinajstić information content (AvgIpc) is 2.76. The van der Waals surface area contributed by atoms with Crippen LogP contribution in [-0.2, 0) is 9.59 Å². The molecule has 0 bridgehead atoms. The van der Waals surface area contributed by atoms with Gasteiger partial charge in [0.1, 0.15) is 12.6 Å². The van der Waals surface area contributed by atoms with Gasteiger partial charge in [0.15, 0.2) is 0 Å². The van der Waals surface area contributed by atoms with Crippen LogP contribution in [0.5, 0.6) is 0 Å². The molecule has 2 rings (SSSR count). The van der Waals surface area contributed by atoms with Gasteiger partial charge in [0.25, 0.3) is 5.91 Å². The number of rotatable bonds is 5. The van der Waals surface area contributed by atoms with Crippen molar-refractivity contribution in [3.05, 3.63) is 29.8 Å². The zero-order valence-electron chi connectivity index (χ0n) is 12.1. The summed E-state index contributed by atoms with van der Waals surface area (Å²) in [6.45, 7) is 1.59. The van der Waals surface area contributed by atoms with E-state index in [1.807, 2.05) is 13.0 Å². The Kier molecular flexibility index (Phi) is 4.73. The number of urea groups is 1. The third-order valence-electron chi connectivity index (χ3n) is 3.28. The highest BCUT2D eigenvalue weighted by Gasteiger charge is 2.38. The topological polar surface area (TPSA) is 102 Å². The Hall–Kier alpha value is -2.88. The maximum absolute atomic E-state index is 12.0. The molecule has 0 radical (unpaired) electrons. The monoisotopic (exact) mass is 300 g/mol. The quantitative estimate of drug-likeness (QED) is 0.798. The molecule has 1 aliphatic heterocycles. The zero-order chi connectivity index (χ0) is 16.1. The highest BCUT2D eigenvalue weighted by Crippen LogP contribution is 2.12. The van der Waals surface area contributed by atoms with Crippen molar-refractivity contribution in [3.63, 3.8) is 0 Å². The number of nitrogens with zero attached hydrogens (tertiary/aromatic N) is 2. The van der Waals surface area contributed by atoms with Crippen LogP contribution in [0.2, 0.25) is 0 Å². The Morgan fingerprint density at radius 3 is 2.64 bits per heavy atom. The number of hydrogen-bond acceptors (Lipinski definition) is 4.